The summed E-state index contributed by atoms with van der Waals surface area (Å²) in [5.74, 6) is -1.05. The van der Waals surface area contributed by atoms with Gasteiger partial charge in [0, 0.05) is 10.6 Å². The predicted octanol–water partition coefficient (Wildman–Crippen LogP) is 5.25. The lowest BCUT2D eigenvalue weighted by Crippen LogP contribution is -2.31. The van der Waals surface area contributed by atoms with Crippen LogP contribution < -0.4 is 4.74 Å². The molecule has 1 N–H and O–H groups in total. The Morgan fingerprint density at radius 3 is 2.41 bits per heavy atom. The Morgan fingerprint density at radius 2 is 1.81 bits per heavy atom. The summed E-state index contributed by atoms with van der Waals surface area (Å²) in [4.78, 5) is 10.5. The number of ether oxygens (including phenoxy) is 2. The lowest BCUT2D eigenvalue weighted by atomic mass is 9.77. The quantitative estimate of drug-likeness (QED) is 0.719. The van der Waals surface area contributed by atoms with Crippen molar-refractivity contribution in [3.63, 3.8) is 0 Å². The average molecular weight is 401 g/mol. The topological polar surface area (TPSA) is 55.8 Å². The van der Waals surface area contributed by atoms with Crippen LogP contribution in [0.5, 0.6) is 5.75 Å². The van der Waals surface area contributed by atoms with Gasteiger partial charge in [-0.1, -0.05) is 35.9 Å². The van der Waals surface area contributed by atoms with Crippen molar-refractivity contribution in [1.29, 1.82) is 0 Å². The summed E-state index contributed by atoms with van der Waals surface area (Å²) in [5, 5.41) is 8.92. The van der Waals surface area contributed by atoms with E-state index in [1.54, 1.807) is 12.1 Å². The standard InChI is InChI=1S/C19H16ClF3O4/c20-17-6-5-14(27-19(21,22)23)9-16(17)12-3-1-11(2-4-12)13-7-15(8-13)26-10-18(24)25/h1-6,9,13,15H,7-8,10H2,(H,24,25). The van der Waals surface area contributed by atoms with Gasteiger partial charge in [-0.2, -0.15) is 0 Å². The zero-order valence-corrected chi connectivity index (χ0v) is 14.8. The average Bonchev–Trinajstić information content (AvgIpc) is 2.54. The van der Waals surface area contributed by atoms with Gasteiger partial charge in [0.25, 0.3) is 0 Å². The molecule has 3 rings (SSSR count). The summed E-state index contributed by atoms with van der Waals surface area (Å²) in [7, 11) is 0. The number of rotatable bonds is 6. The van der Waals surface area contributed by atoms with Gasteiger partial charge >= 0.3 is 12.3 Å². The smallest absolute Gasteiger partial charge is 0.480 e. The third kappa shape index (κ3) is 5.14. The van der Waals surface area contributed by atoms with Crippen molar-refractivity contribution >= 4 is 17.6 Å². The molecule has 0 unspecified atom stereocenters. The maximum Gasteiger partial charge on any atom is 0.573 e. The van der Waals surface area contributed by atoms with E-state index in [0.717, 1.165) is 18.4 Å². The van der Waals surface area contributed by atoms with E-state index < -0.39 is 12.3 Å². The molecule has 0 radical (unpaired) electrons. The van der Waals surface area contributed by atoms with E-state index in [9.17, 15) is 18.0 Å². The van der Waals surface area contributed by atoms with Crippen LogP contribution in [0.15, 0.2) is 42.5 Å². The van der Waals surface area contributed by atoms with Gasteiger partial charge in [0.2, 0.25) is 0 Å². The van der Waals surface area contributed by atoms with Gasteiger partial charge in [0.05, 0.1) is 6.10 Å². The second-order valence-electron chi connectivity index (χ2n) is 6.31. The van der Waals surface area contributed by atoms with Crippen molar-refractivity contribution in [2.75, 3.05) is 6.61 Å². The molecule has 2 aromatic carbocycles. The largest absolute Gasteiger partial charge is 0.573 e. The molecule has 0 bridgehead atoms. The molecule has 0 saturated heterocycles. The lowest BCUT2D eigenvalue weighted by Gasteiger charge is -2.35. The number of carboxylic acids is 1. The summed E-state index contributed by atoms with van der Waals surface area (Å²) in [6, 6.07) is 11.1. The Bertz CT molecular complexity index is 815. The van der Waals surface area contributed by atoms with Crippen LogP contribution >= 0.6 is 11.6 Å². The summed E-state index contributed by atoms with van der Waals surface area (Å²) < 4.78 is 46.4. The van der Waals surface area contributed by atoms with Crippen LogP contribution in [0.25, 0.3) is 11.1 Å². The van der Waals surface area contributed by atoms with Gasteiger partial charge in [-0.25, -0.2) is 4.79 Å². The van der Waals surface area contributed by atoms with Crippen LogP contribution in [-0.2, 0) is 9.53 Å². The van der Waals surface area contributed by atoms with Crippen molar-refractivity contribution in [2.24, 2.45) is 0 Å². The van der Waals surface area contributed by atoms with Crippen molar-refractivity contribution in [3.05, 3.63) is 53.1 Å². The zero-order valence-electron chi connectivity index (χ0n) is 14.0. The molecule has 1 aliphatic rings. The molecule has 144 valence electrons. The van der Waals surface area contributed by atoms with Gasteiger partial charge < -0.3 is 14.6 Å². The van der Waals surface area contributed by atoms with Crippen LogP contribution in [0, 0.1) is 0 Å². The Labute approximate surface area is 158 Å². The van der Waals surface area contributed by atoms with E-state index in [4.69, 9.17) is 21.4 Å². The maximum atomic E-state index is 12.4. The van der Waals surface area contributed by atoms with Gasteiger partial charge in [-0.05, 0) is 48.1 Å². The van der Waals surface area contributed by atoms with E-state index >= 15 is 0 Å². The van der Waals surface area contributed by atoms with Crippen LogP contribution in [0.4, 0.5) is 13.2 Å². The summed E-state index contributed by atoms with van der Waals surface area (Å²) in [6.07, 6.45) is -3.35. The number of carbonyl (C=O) groups is 1. The molecule has 8 heteroatoms. The first-order chi connectivity index (χ1) is 12.7. The molecule has 1 aliphatic carbocycles. The molecular weight excluding hydrogens is 385 g/mol. The predicted molar refractivity (Wildman–Crippen MR) is 92.9 cm³/mol. The second-order valence-corrected chi connectivity index (χ2v) is 6.71. The second kappa shape index (κ2) is 7.78. The highest BCUT2D eigenvalue weighted by molar-refractivity contribution is 6.33. The molecule has 1 saturated carbocycles. The molecule has 4 nitrogen and oxygen atoms in total. The first-order valence-corrected chi connectivity index (χ1v) is 8.58. The highest BCUT2D eigenvalue weighted by Crippen LogP contribution is 2.40. The van der Waals surface area contributed by atoms with Crippen molar-refractivity contribution < 1.29 is 32.5 Å². The van der Waals surface area contributed by atoms with E-state index in [0.29, 0.717) is 16.1 Å². The first kappa shape index (κ1) is 19.5. The van der Waals surface area contributed by atoms with Gasteiger partial charge in [0.1, 0.15) is 12.4 Å². The molecule has 1 fully saturated rings. The number of benzene rings is 2. The highest BCUT2D eigenvalue weighted by atomic mass is 35.5. The Hall–Kier alpha value is -2.25. The third-order valence-corrected chi connectivity index (χ3v) is 4.73. The molecule has 2 aromatic rings. The fourth-order valence-electron chi connectivity index (χ4n) is 3.02. The van der Waals surface area contributed by atoms with Crippen molar-refractivity contribution in [3.8, 4) is 16.9 Å². The van der Waals surface area contributed by atoms with Crippen LogP contribution in [0.3, 0.4) is 0 Å². The van der Waals surface area contributed by atoms with E-state index in [1.807, 2.05) is 12.1 Å². The number of hydrogen-bond acceptors (Lipinski definition) is 3. The molecular formula is C19H16ClF3O4. The number of carboxylic acid groups (broad SMARTS) is 1. The van der Waals surface area contributed by atoms with Gasteiger partial charge in [-0.15, -0.1) is 13.2 Å². The summed E-state index contributed by atoms with van der Waals surface area (Å²) in [5.41, 5.74) is 2.18. The van der Waals surface area contributed by atoms with Crippen LogP contribution in [0.2, 0.25) is 5.02 Å². The Balaban J connectivity index is 1.67. The van der Waals surface area contributed by atoms with Gasteiger partial charge in [0.15, 0.2) is 0 Å². The monoisotopic (exact) mass is 400 g/mol. The fraction of sp³-hybridized carbons (Fsp3) is 0.316. The third-order valence-electron chi connectivity index (χ3n) is 4.40. The highest BCUT2D eigenvalue weighted by Gasteiger charge is 2.32. The Morgan fingerprint density at radius 1 is 1.15 bits per heavy atom. The van der Waals surface area contributed by atoms with Gasteiger partial charge in [-0.3, -0.25) is 0 Å². The van der Waals surface area contributed by atoms with E-state index in [-0.39, 0.29) is 24.4 Å². The molecule has 0 amide bonds. The van der Waals surface area contributed by atoms with Crippen molar-refractivity contribution in [1.82, 2.24) is 0 Å². The molecule has 0 heterocycles. The number of alkyl halides is 3. The minimum absolute atomic E-state index is 0.0589. The number of hydrogen-bond donors (Lipinski definition) is 1. The molecule has 0 spiro atoms. The summed E-state index contributed by atoms with van der Waals surface area (Å²) >= 11 is 6.12. The maximum absolute atomic E-state index is 12.4. The summed E-state index contributed by atoms with van der Waals surface area (Å²) in [6.45, 7) is -0.300. The zero-order chi connectivity index (χ0) is 19.6. The van der Waals surface area contributed by atoms with E-state index in [1.165, 1.54) is 18.2 Å². The molecule has 0 atom stereocenters. The first-order valence-electron chi connectivity index (χ1n) is 8.20. The minimum atomic E-state index is -4.77. The lowest BCUT2D eigenvalue weighted by molar-refractivity contribution is -0.274. The molecule has 27 heavy (non-hydrogen) atoms. The fourth-order valence-corrected chi connectivity index (χ4v) is 3.25. The number of halogens is 4. The Kier molecular flexibility index (Phi) is 5.62. The van der Waals surface area contributed by atoms with Crippen LogP contribution in [-0.4, -0.2) is 30.1 Å². The SMILES string of the molecule is O=C(O)COC1CC(c2ccc(-c3cc(OC(F)(F)F)ccc3Cl)cc2)C1. The number of aliphatic carboxylic acids is 1. The van der Waals surface area contributed by atoms with Crippen LogP contribution in [0.1, 0.15) is 24.3 Å². The molecule has 0 aliphatic heterocycles. The molecule has 0 aromatic heterocycles. The van der Waals surface area contributed by atoms with Crippen molar-refractivity contribution in [2.45, 2.75) is 31.2 Å². The minimum Gasteiger partial charge on any atom is -0.480 e. The normalized spacial score (nSPS) is 19.4. The van der Waals surface area contributed by atoms with E-state index in [2.05, 4.69) is 4.74 Å².